The molecule has 0 bridgehead atoms. The van der Waals surface area contributed by atoms with Crippen LogP contribution in [0.2, 0.25) is 0 Å². The Morgan fingerprint density at radius 3 is 1.46 bits per heavy atom. The molecular weight excluding hydrogens is 310 g/mol. The van der Waals surface area contributed by atoms with Crippen molar-refractivity contribution in [3.8, 4) is 0 Å². The fraction of sp³-hybridized carbons (Fsp3) is 0.950. The van der Waals surface area contributed by atoms with E-state index in [-0.39, 0.29) is 6.42 Å². The van der Waals surface area contributed by atoms with Gasteiger partial charge in [-0.15, -0.1) is 0 Å². The third kappa shape index (κ3) is 13.7. The van der Waals surface area contributed by atoms with Crippen molar-refractivity contribution in [3.63, 3.8) is 0 Å². The van der Waals surface area contributed by atoms with Crippen LogP contribution in [0.15, 0.2) is 0 Å². The van der Waals surface area contributed by atoms with Crippen LogP contribution in [0.3, 0.4) is 0 Å². The highest BCUT2D eigenvalue weighted by molar-refractivity contribution is 5.72. The summed E-state index contributed by atoms with van der Waals surface area (Å²) in [5.41, 5.74) is 0. The highest BCUT2D eigenvalue weighted by atomic mass is 19.3. The summed E-state index contributed by atoms with van der Waals surface area (Å²) in [5, 5.41) is 0. The number of ether oxygens (including phenoxy) is 1. The van der Waals surface area contributed by atoms with Gasteiger partial charge in [0.25, 0.3) is 6.43 Å². The van der Waals surface area contributed by atoms with E-state index >= 15 is 0 Å². The molecule has 0 aliphatic heterocycles. The second kappa shape index (κ2) is 17.2. The Balaban J connectivity index is 3.31. The van der Waals surface area contributed by atoms with E-state index in [0.717, 1.165) is 12.8 Å². The molecule has 144 valence electrons. The summed E-state index contributed by atoms with van der Waals surface area (Å²) < 4.78 is 29.8. The Morgan fingerprint density at radius 2 is 1.12 bits per heavy atom. The van der Waals surface area contributed by atoms with Crippen LogP contribution in [0, 0.1) is 5.92 Å². The van der Waals surface area contributed by atoms with Crippen molar-refractivity contribution in [2.75, 3.05) is 7.11 Å². The van der Waals surface area contributed by atoms with Crippen molar-refractivity contribution in [2.24, 2.45) is 5.92 Å². The van der Waals surface area contributed by atoms with E-state index in [1.807, 2.05) is 0 Å². The van der Waals surface area contributed by atoms with Gasteiger partial charge in [-0.3, -0.25) is 4.79 Å². The van der Waals surface area contributed by atoms with E-state index < -0.39 is 18.3 Å². The predicted octanol–water partition coefficient (Wildman–Crippen LogP) is 6.91. The lowest BCUT2D eigenvalue weighted by molar-refractivity contribution is -0.151. The molecule has 0 heterocycles. The molecule has 0 amide bonds. The van der Waals surface area contributed by atoms with Crippen molar-refractivity contribution in [2.45, 2.75) is 110 Å². The van der Waals surface area contributed by atoms with Gasteiger partial charge < -0.3 is 4.74 Å². The number of esters is 1. The monoisotopic (exact) mass is 348 g/mol. The molecule has 0 spiro atoms. The minimum Gasteiger partial charge on any atom is -0.469 e. The van der Waals surface area contributed by atoms with Crippen molar-refractivity contribution in [1.82, 2.24) is 0 Å². The highest BCUT2D eigenvalue weighted by Crippen LogP contribution is 2.20. The zero-order chi connectivity index (χ0) is 18.0. The summed E-state index contributed by atoms with van der Waals surface area (Å²) in [5.74, 6) is -2.02. The standard InChI is InChI=1S/C20H38F2O2/c1-3-4-5-6-7-8-9-10-11-12-13-14-15-16-17-18(19(21)22)20(23)24-2/h18-19H,3-17H2,1-2H3. The van der Waals surface area contributed by atoms with Gasteiger partial charge in [-0.25, -0.2) is 8.78 Å². The van der Waals surface area contributed by atoms with Gasteiger partial charge in [-0.1, -0.05) is 96.8 Å². The van der Waals surface area contributed by atoms with Crippen LogP contribution >= 0.6 is 0 Å². The van der Waals surface area contributed by atoms with E-state index in [9.17, 15) is 13.6 Å². The lowest BCUT2D eigenvalue weighted by atomic mass is 10.00. The average molecular weight is 349 g/mol. The van der Waals surface area contributed by atoms with Crippen LogP contribution < -0.4 is 0 Å². The number of carbonyl (C=O) groups excluding carboxylic acids is 1. The molecule has 0 radical (unpaired) electrons. The third-order valence-corrected chi connectivity index (χ3v) is 4.68. The molecule has 2 nitrogen and oxygen atoms in total. The first-order valence-corrected chi connectivity index (χ1v) is 9.99. The highest BCUT2D eigenvalue weighted by Gasteiger charge is 2.28. The number of hydrogen-bond donors (Lipinski definition) is 0. The largest absolute Gasteiger partial charge is 0.469 e. The Hall–Kier alpha value is -0.670. The first kappa shape index (κ1) is 23.3. The fourth-order valence-corrected chi connectivity index (χ4v) is 3.06. The molecule has 0 N–H and O–H groups in total. The molecule has 0 rings (SSSR count). The predicted molar refractivity (Wildman–Crippen MR) is 96.4 cm³/mol. The first-order valence-electron chi connectivity index (χ1n) is 9.99. The quantitative estimate of drug-likeness (QED) is 0.211. The summed E-state index contributed by atoms with van der Waals surface area (Å²) in [7, 11) is 1.17. The molecule has 0 fully saturated rings. The molecular formula is C20H38F2O2. The lowest BCUT2D eigenvalue weighted by Crippen LogP contribution is -2.23. The van der Waals surface area contributed by atoms with Crippen LogP contribution in [-0.4, -0.2) is 19.5 Å². The molecule has 4 heteroatoms. The Bertz CT molecular complexity index is 283. The molecule has 0 aliphatic carbocycles. The molecule has 0 aliphatic rings. The number of halogens is 2. The lowest BCUT2D eigenvalue weighted by Gasteiger charge is -2.13. The number of carbonyl (C=O) groups is 1. The average Bonchev–Trinajstić information content (AvgIpc) is 2.57. The van der Waals surface area contributed by atoms with Gasteiger partial charge in [0.15, 0.2) is 0 Å². The maximum atomic E-state index is 12.7. The topological polar surface area (TPSA) is 26.3 Å². The molecule has 0 aromatic rings. The minimum absolute atomic E-state index is 0.238. The molecule has 0 aromatic heterocycles. The maximum Gasteiger partial charge on any atom is 0.314 e. The Morgan fingerprint density at radius 1 is 0.750 bits per heavy atom. The summed E-state index contributed by atoms with van der Waals surface area (Å²) >= 11 is 0. The van der Waals surface area contributed by atoms with Crippen LogP contribution in [-0.2, 0) is 9.53 Å². The molecule has 1 atom stereocenters. The normalized spacial score (nSPS) is 12.5. The van der Waals surface area contributed by atoms with E-state index in [2.05, 4.69) is 11.7 Å². The maximum absolute atomic E-state index is 12.7. The van der Waals surface area contributed by atoms with Crippen molar-refractivity contribution in [3.05, 3.63) is 0 Å². The molecule has 0 saturated heterocycles. The third-order valence-electron chi connectivity index (χ3n) is 4.68. The fourth-order valence-electron chi connectivity index (χ4n) is 3.06. The second-order valence-electron chi connectivity index (χ2n) is 6.85. The van der Waals surface area contributed by atoms with Gasteiger partial charge in [0, 0.05) is 0 Å². The summed E-state index contributed by atoms with van der Waals surface area (Å²) in [6.45, 7) is 2.25. The molecule has 0 saturated carbocycles. The zero-order valence-corrected chi connectivity index (χ0v) is 15.8. The van der Waals surface area contributed by atoms with Gasteiger partial charge in [-0.05, 0) is 6.42 Å². The minimum atomic E-state index is -2.61. The smallest absolute Gasteiger partial charge is 0.314 e. The summed E-state index contributed by atoms with van der Waals surface area (Å²) in [6.07, 6.45) is 14.9. The van der Waals surface area contributed by atoms with Gasteiger partial charge >= 0.3 is 5.97 Å². The van der Waals surface area contributed by atoms with Crippen molar-refractivity contribution >= 4 is 5.97 Å². The zero-order valence-electron chi connectivity index (χ0n) is 15.8. The number of unbranched alkanes of at least 4 members (excludes halogenated alkanes) is 13. The summed E-state index contributed by atoms with van der Waals surface area (Å²) in [4.78, 5) is 11.2. The van der Waals surface area contributed by atoms with Crippen LogP contribution in [0.1, 0.15) is 103 Å². The van der Waals surface area contributed by atoms with Gasteiger partial charge in [0.1, 0.15) is 5.92 Å². The molecule has 24 heavy (non-hydrogen) atoms. The van der Waals surface area contributed by atoms with Gasteiger partial charge in [0.05, 0.1) is 7.11 Å². The van der Waals surface area contributed by atoms with E-state index in [0.29, 0.717) is 6.42 Å². The van der Waals surface area contributed by atoms with Crippen molar-refractivity contribution in [1.29, 1.82) is 0 Å². The second-order valence-corrected chi connectivity index (χ2v) is 6.85. The van der Waals surface area contributed by atoms with Gasteiger partial charge in [0.2, 0.25) is 0 Å². The number of alkyl halides is 2. The SMILES string of the molecule is CCCCCCCCCCCCCCCCC(C(=O)OC)C(F)F. The van der Waals surface area contributed by atoms with E-state index in [4.69, 9.17) is 0 Å². The Labute approximate surface area is 147 Å². The molecule has 1 unspecified atom stereocenters. The first-order chi connectivity index (χ1) is 11.6. The van der Waals surface area contributed by atoms with E-state index in [1.165, 1.54) is 77.7 Å². The number of rotatable bonds is 17. The van der Waals surface area contributed by atoms with Crippen LogP contribution in [0.5, 0.6) is 0 Å². The Kier molecular flexibility index (Phi) is 16.7. The van der Waals surface area contributed by atoms with Crippen molar-refractivity contribution < 1.29 is 18.3 Å². The van der Waals surface area contributed by atoms with E-state index in [1.54, 1.807) is 0 Å². The summed E-state index contributed by atoms with van der Waals surface area (Å²) in [6, 6.07) is 0. The molecule has 0 aromatic carbocycles. The van der Waals surface area contributed by atoms with Crippen LogP contribution in [0.4, 0.5) is 8.78 Å². The van der Waals surface area contributed by atoms with Gasteiger partial charge in [-0.2, -0.15) is 0 Å². The van der Waals surface area contributed by atoms with Crippen LogP contribution in [0.25, 0.3) is 0 Å². The number of methoxy groups -OCH3 is 1. The number of hydrogen-bond acceptors (Lipinski definition) is 2.